The van der Waals surface area contributed by atoms with Crippen LogP contribution >= 0.6 is 0 Å². The molecule has 1 aliphatic heterocycles. The number of carbonyl (C=O) groups is 1. The SMILES string of the molecule is [2H]CC1OC(n2cnc3c(NC(=O)OCc4ccccc4)ncnc32)C(OC)C1O. The number of benzene rings is 1. The molecule has 0 saturated carbocycles. The van der Waals surface area contributed by atoms with Gasteiger partial charge in [-0.25, -0.2) is 19.7 Å². The normalized spacial score (nSPS) is 24.4. The molecule has 3 aromatic rings. The number of aliphatic hydroxyl groups excluding tert-OH is 1. The van der Waals surface area contributed by atoms with Crippen LogP contribution in [0.1, 0.15) is 20.1 Å². The summed E-state index contributed by atoms with van der Waals surface area (Å²) >= 11 is 0. The Labute approximate surface area is 167 Å². The molecule has 1 aromatic carbocycles. The Balaban J connectivity index is 1.53. The number of aliphatic hydroxyl groups is 1. The second-order valence-electron chi connectivity index (χ2n) is 6.49. The third-order valence-electron chi connectivity index (χ3n) is 4.65. The number of amides is 1. The summed E-state index contributed by atoms with van der Waals surface area (Å²) in [5, 5.41) is 12.9. The fourth-order valence-corrected chi connectivity index (χ4v) is 3.18. The van der Waals surface area contributed by atoms with E-state index in [-0.39, 0.29) is 19.3 Å². The lowest BCUT2D eigenvalue weighted by Crippen LogP contribution is -2.32. The van der Waals surface area contributed by atoms with Crippen LogP contribution in [0.15, 0.2) is 43.0 Å². The molecule has 4 rings (SSSR count). The number of carbonyl (C=O) groups excluding carboxylic acids is 1. The molecule has 1 amide bonds. The Hall–Kier alpha value is -3.08. The van der Waals surface area contributed by atoms with E-state index < -0.39 is 30.6 Å². The fourth-order valence-electron chi connectivity index (χ4n) is 3.18. The van der Waals surface area contributed by atoms with Gasteiger partial charge in [0.15, 0.2) is 23.2 Å². The number of fused-ring (bicyclic) bond motifs is 1. The highest BCUT2D eigenvalue weighted by Gasteiger charge is 2.43. The van der Waals surface area contributed by atoms with Crippen molar-refractivity contribution in [1.29, 1.82) is 0 Å². The second kappa shape index (κ2) is 8.11. The van der Waals surface area contributed by atoms with Gasteiger partial charge in [-0.3, -0.25) is 9.88 Å². The fraction of sp³-hybridized carbons (Fsp3) is 0.368. The topological polar surface area (TPSA) is 121 Å². The number of hydrogen-bond donors (Lipinski definition) is 2. The largest absolute Gasteiger partial charge is 0.444 e. The Bertz CT molecular complexity index is 1020. The van der Waals surface area contributed by atoms with Crippen molar-refractivity contribution < 1.29 is 25.5 Å². The van der Waals surface area contributed by atoms with Crippen LogP contribution in [0.3, 0.4) is 0 Å². The molecule has 1 aliphatic rings. The van der Waals surface area contributed by atoms with E-state index in [2.05, 4.69) is 20.3 Å². The van der Waals surface area contributed by atoms with E-state index in [0.717, 1.165) is 5.56 Å². The number of aromatic nitrogens is 4. The zero-order valence-electron chi connectivity index (χ0n) is 16.6. The van der Waals surface area contributed by atoms with Crippen LogP contribution in [0.5, 0.6) is 0 Å². The Morgan fingerprint density at radius 1 is 1.34 bits per heavy atom. The summed E-state index contributed by atoms with van der Waals surface area (Å²) in [7, 11) is 1.46. The summed E-state index contributed by atoms with van der Waals surface area (Å²) < 4.78 is 25.5. The maximum atomic E-state index is 12.2. The standard InChI is InChI=1S/C19H21N5O5/c1-11-14(25)15(27-2)18(29-11)24-10-22-13-16(20-9-21-17(13)24)23-19(26)28-8-12-6-4-3-5-7-12/h3-7,9-11,14-15,18,25H,8H2,1-2H3,(H,20,21,23,26)/i1D. The van der Waals surface area contributed by atoms with Gasteiger partial charge in [-0.2, -0.15) is 0 Å². The minimum absolute atomic E-state index is 0.112. The molecule has 2 aromatic heterocycles. The van der Waals surface area contributed by atoms with Gasteiger partial charge in [0.2, 0.25) is 0 Å². The highest BCUT2D eigenvalue weighted by atomic mass is 16.6. The van der Waals surface area contributed by atoms with Gasteiger partial charge < -0.3 is 19.3 Å². The maximum absolute atomic E-state index is 12.2. The van der Waals surface area contributed by atoms with Crippen molar-refractivity contribution in [3.8, 4) is 0 Å². The summed E-state index contributed by atoms with van der Waals surface area (Å²) in [6.45, 7) is 0.00632. The van der Waals surface area contributed by atoms with Crippen LogP contribution < -0.4 is 5.32 Å². The molecule has 4 unspecified atom stereocenters. The van der Waals surface area contributed by atoms with E-state index in [1.807, 2.05) is 30.3 Å². The quantitative estimate of drug-likeness (QED) is 0.666. The lowest BCUT2D eigenvalue weighted by Gasteiger charge is -2.19. The lowest BCUT2D eigenvalue weighted by molar-refractivity contribution is -0.0472. The van der Waals surface area contributed by atoms with E-state index in [4.69, 9.17) is 15.6 Å². The van der Waals surface area contributed by atoms with E-state index in [1.165, 1.54) is 19.8 Å². The average molecular weight is 400 g/mol. The Kier molecular flexibility index (Phi) is 5.03. The van der Waals surface area contributed by atoms with Crippen LogP contribution in [0.2, 0.25) is 0 Å². The van der Waals surface area contributed by atoms with Gasteiger partial charge in [0, 0.05) is 8.48 Å². The van der Waals surface area contributed by atoms with Crippen molar-refractivity contribution in [3.05, 3.63) is 48.5 Å². The van der Waals surface area contributed by atoms with Crippen molar-refractivity contribution >= 4 is 23.1 Å². The van der Waals surface area contributed by atoms with Crippen LogP contribution in [0.25, 0.3) is 11.2 Å². The molecule has 0 aliphatic carbocycles. The first-order chi connectivity index (χ1) is 14.6. The zero-order valence-corrected chi connectivity index (χ0v) is 15.6. The first-order valence-electron chi connectivity index (χ1n) is 9.64. The van der Waals surface area contributed by atoms with Crippen molar-refractivity contribution in [3.63, 3.8) is 0 Å². The number of nitrogens with zero attached hydrogens (tertiary/aromatic N) is 4. The van der Waals surface area contributed by atoms with Gasteiger partial charge in [0.1, 0.15) is 25.1 Å². The number of anilines is 1. The average Bonchev–Trinajstić information content (AvgIpc) is 3.34. The summed E-state index contributed by atoms with van der Waals surface area (Å²) in [5.74, 6) is 0.182. The van der Waals surface area contributed by atoms with Crippen LogP contribution in [0.4, 0.5) is 10.6 Å². The van der Waals surface area contributed by atoms with Gasteiger partial charge in [-0.15, -0.1) is 0 Å². The molecule has 10 heteroatoms. The Morgan fingerprint density at radius 3 is 2.93 bits per heavy atom. The molecule has 29 heavy (non-hydrogen) atoms. The van der Waals surface area contributed by atoms with Gasteiger partial charge in [-0.05, 0) is 12.5 Å². The highest BCUT2D eigenvalue weighted by Crippen LogP contribution is 2.33. The Morgan fingerprint density at radius 2 is 2.17 bits per heavy atom. The molecule has 1 saturated heterocycles. The molecule has 152 valence electrons. The van der Waals surface area contributed by atoms with E-state index >= 15 is 0 Å². The summed E-state index contributed by atoms with van der Waals surface area (Å²) in [6, 6.07) is 9.30. The zero-order chi connectivity index (χ0) is 21.1. The van der Waals surface area contributed by atoms with Gasteiger partial charge >= 0.3 is 6.09 Å². The molecule has 3 heterocycles. The molecule has 0 radical (unpaired) electrons. The number of nitrogens with one attached hydrogen (secondary N) is 1. The summed E-state index contributed by atoms with van der Waals surface area (Å²) in [6.07, 6.45) is -0.992. The molecule has 4 atom stereocenters. The molecule has 1 fully saturated rings. The molecule has 0 bridgehead atoms. The van der Waals surface area contributed by atoms with Gasteiger partial charge in [0.25, 0.3) is 0 Å². The minimum atomic E-state index is -0.956. The third-order valence-corrected chi connectivity index (χ3v) is 4.65. The number of ether oxygens (including phenoxy) is 3. The van der Waals surface area contributed by atoms with Crippen LogP contribution in [0, 0.1) is 0 Å². The van der Waals surface area contributed by atoms with E-state index in [0.29, 0.717) is 11.2 Å². The van der Waals surface area contributed by atoms with Crippen molar-refractivity contribution in [2.75, 3.05) is 12.4 Å². The molecular weight excluding hydrogens is 378 g/mol. The van der Waals surface area contributed by atoms with Gasteiger partial charge in [0.05, 0.1) is 12.4 Å². The number of imidazole rings is 1. The molecular formula is C19H21N5O5. The molecule has 10 nitrogen and oxygen atoms in total. The third kappa shape index (κ3) is 3.77. The van der Waals surface area contributed by atoms with E-state index in [1.54, 1.807) is 4.57 Å². The first-order valence-corrected chi connectivity index (χ1v) is 8.93. The summed E-state index contributed by atoms with van der Waals surface area (Å²) in [4.78, 5) is 24.8. The van der Waals surface area contributed by atoms with Gasteiger partial charge in [-0.1, -0.05) is 30.3 Å². The smallest absolute Gasteiger partial charge is 0.413 e. The van der Waals surface area contributed by atoms with E-state index in [9.17, 15) is 9.90 Å². The van der Waals surface area contributed by atoms with Crippen molar-refractivity contribution in [2.24, 2.45) is 0 Å². The lowest BCUT2D eigenvalue weighted by atomic mass is 10.1. The van der Waals surface area contributed by atoms with Crippen molar-refractivity contribution in [2.45, 2.75) is 38.0 Å². The van der Waals surface area contributed by atoms with Crippen LogP contribution in [-0.4, -0.2) is 56.1 Å². The number of methoxy groups -OCH3 is 1. The number of rotatable bonds is 5. The number of hydrogen-bond acceptors (Lipinski definition) is 8. The predicted octanol–water partition coefficient (Wildman–Crippen LogP) is 1.87. The molecule has 2 N–H and O–H groups in total. The summed E-state index contributed by atoms with van der Waals surface area (Å²) in [5.41, 5.74) is 1.57. The first kappa shape index (κ1) is 18.0. The minimum Gasteiger partial charge on any atom is -0.444 e. The second-order valence-corrected chi connectivity index (χ2v) is 6.49. The van der Waals surface area contributed by atoms with Crippen molar-refractivity contribution in [1.82, 2.24) is 19.5 Å². The monoisotopic (exact) mass is 400 g/mol. The molecule has 0 spiro atoms. The maximum Gasteiger partial charge on any atom is 0.413 e. The highest BCUT2D eigenvalue weighted by molar-refractivity contribution is 5.93. The predicted molar refractivity (Wildman–Crippen MR) is 102 cm³/mol. The van der Waals surface area contributed by atoms with Crippen LogP contribution in [-0.2, 0) is 20.8 Å².